The van der Waals surface area contributed by atoms with Gasteiger partial charge in [-0.1, -0.05) is 11.4 Å². The Labute approximate surface area is 80.7 Å². The molecule has 0 aliphatic heterocycles. The molecule has 1 rings (SSSR count). The number of hydrogen-bond acceptors (Lipinski definition) is 4. The molecule has 0 bridgehead atoms. The fraction of sp³-hybridized carbons (Fsp3) is 0.571. The number of aryl methyl sites for hydroxylation is 1. The van der Waals surface area contributed by atoms with Crippen LogP contribution in [0.4, 0.5) is 9.80 Å². The summed E-state index contributed by atoms with van der Waals surface area (Å²) in [6.45, 7) is 4.48. The second-order valence-electron chi connectivity index (χ2n) is 2.57. The van der Waals surface area contributed by atoms with Crippen molar-refractivity contribution in [3.05, 3.63) is 5.69 Å². The monoisotopic (exact) mass is 200 g/mol. The van der Waals surface area contributed by atoms with E-state index in [1.54, 1.807) is 6.92 Å². The van der Waals surface area contributed by atoms with E-state index in [9.17, 15) is 4.79 Å². The normalized spacial score (nSPS) is 9.69. The highest BCUT2D eigenvalue weighted by Crippen LogP contribution is 2.15. The van der Waals surface area contributed by atoms with Crippen molar-refractivity contribution in [2.45, 2.75) is 20.3 Å². The van der Waals surface area contributed by atoms with Gasteiger partial charge < -0.3 is 5.32 Å². The number of carbonyl (C=O) groups is 1. The third kappa shape index (κ3) is 2.98. The van der Waals surface area contributed by atoms with Crippen molar-refractivity contribution in [1.29, 1.82) is 0 Å². The first kappa shape index (κ1) is 9.91. The molecule has 0 atom stereocenters. The minimum atomic E-state index is -0.198. The molecule has 2 amide bonds. The van der Waals surface area contributed by atoms with Crippen LogP contribution >= 0.6 is 11.5 Å². The maximum absolute atomic E-state index is 11.2. The highest BCUT2D eigenvalue weighted by atomic mass is 32.1. The van der Waals surface area contributed by atoms with Crippen molar-refractivity contribution in [1.82, 2.24) is 14.9 Å². The minimum absolute atomic E-state index is 0.198. The Kier molecular flexibility index (Phi) is 3.63. The number of carbonyl (C=O) groups excluding carboxylic acids is 1. The van der Waals surface area contributed by atoms with Crippen LogP contribution < -0.4 is 10.6 Å². The van der Waals surface area contributed by atoms with Crippen molar-refractivity contribution in [2.75, 3.05) is 11.9 Å². The third-order valence-electron chi connectivity index (χ3n) is 1.41. The van der Waals surface area contributed by atoms with Gasteiger partial charge in [-0.25, -0.2) is 4.79 Å². The van der Waals surface area contributed by atoms with Crippen LogP contribution in [0, 0.1) is 6.92 Å². The van der Waals surface area contributed by atoms with Gasteiger partial charge in [-0.2, -0.15) is 0 Å². The number of rotatable bonds is 3. The van der Waals surface area contributed by atoms with E-state index >= 15 is 0 Å². The predicted molar refractivity (Wildman–Crippen MR) is 52.0 cm³/mol. The van der Waals surface area contributed by atoms with Crippen LogP contribution in [-0.2, 0) is 0 Å². The van der Waals surface area contributed by atoms with Gasteiger partial charge in [-0.15, -0.1) is 5.10 Å². The van der Waals surface area contributed by atoms with Gasteiger partial charge in [-0.3, -0.25) is 5.32 Å². The average Bonchev–Trinajstić information content (AvgIpc) is 2.48. The Morgan fingerprint density at radius 2 is 2.38 bits per heavy atom. The van der Waals surface area contributed by atoms with Crippen molar-refractivity contribution in [3.8, 4) is 0 Å². The van der Waals surface area contributed by atoms with Crippen molar-refractivity contribution in [2.24, 2.45) is 0 Å². The van der Waals surface area contributed by atoms with E-state index in [1.165, 1.54) is 11.5 Å². The molecule has 0 unspecified atom stereocenters. The van der Waals surface area contributed by atoms with Crippen LogP contribution in [0.3, 0.4) is 0 Å². The molecule has 0 saturated heterocycles. The number of hydrogen-bond donors (Lipinski definition) is 2. The Morgan fingerprint density at radius 3 is 2.92 bits per heavy atom. The van der Waals surface area contributed by atoms with Crippen LogP contribution in [0.25, 0.3) is 0 Å². The summed E-state index contributed by atoms with van der Waals surface area (Å²) in [7, 11) is 0. The first-order valence-electron chi connectivity index (χ1n) is 4.08. The molecule has 1 heterocycles. The smallest absolute Gasteiger partial charge is 0.319 e. The molecule has 5 nitrogen and oxygen atoms in total. The molecule has 0 aliphatic rings. The molecule has 0 aromatic carbocycles. The SMILES string of the molecule is CCCNC(=O)Nc1snnc1C. The topological polar surface area (TPSA) is 66.9 Å². The second kappa shape index (κ2) is 4.76. The lowest BCUT2D eigenvalue weighted by atomic mass is 10.5. The van der Waals surface area contributed by atoms with Gasteiger partial charge in [0.1, 0.15) is 5.00 Å². The van der Waals surface area contributed by atoms with Gasteiger partial charge in [0.15, 0.2) is 0 Å². The van der Waals surface area contributed by atoms with Crippen molar-refractivity contribution >= 4 is 22.6 Å². The maximum atomic E-state index is 11.2. The van der Waals surface area contributed by atoms with E-state index in [1.807, 2.05) is 6.92 Å². The molecule has 0 aliphatic carbocycles. The van der Waals surface area contributed by atoms with Crippen molar-refractivity contribution in [3.63, 3.8) is 0 Å². The zero-order valence-electron chi connectivity index (χ0n) is 7.63. The van der Waals surface area contributed by atoms with Crippen LogP contribution in [0.5, 0.6) is 0 Å². The molecule has 0 spiro atoms. The van der Waals surface area contributed by atoms with E-state index in [0.717, 1.165) is 12.1 Å². The number of urea groups is 1. The van der Waals surface area contributed by atoms with Gasteiger partial charge in [-0.05, 0) is 13.3 Å². The molecular weight excluding hydrogens is 188 g/mol. The van der Waals surface area contributed by atoms with Crippen LogP contribution in [0.1, 0.15) is 19.0 Å². The molecule has 2 N–H and O–H groups in total. The van der Waals surface area contributed by atoms with E-state index in [-0.39, 0.29) is 6.03 Å². The predicted octanol–water partition coefficient (Wildman–Crippen LogP) is 1.38. The molecular formula is C7H12N4OS. The average molecular weight is 200 g/mol. The summed E-state index contributed by atoms with van der Waals surface area (Å²) >= 11 is 1.18. The molecule has 0 saturated carbocycles. The molecule has 0 fully saturated rings. The highest BCUT2D eigenvalue weighted by Gasteiger charge is 2.05. The Hall–Kier alpha value is -1.17. The Morgan fingerprint density at radius 1 is 1.62 bits per heavy atom. The molecule has 1 aromatic rings. The zero-order valence-corrected chi connectivity index (χ0v) is 8.44. The fourth-order valence-corrected chi connectivity index (χ4v) is 1.29. The van der Waals surface area contributed by atoms with Gasteiger partial charge in [0, 0.05) is 18.1 Å². The first-order valence-corrected chi connectivity index (χ1v) is 4.85. The lowest BCUT2D eigenvalue weighted by Gasteiger charge is -2.03. The molecule has 13 heavy (non-hydrogen) atoms. The fourth-order valence-electron chi connectivity index (χ4n) is 0.733. The summed E-state index contributed by atoms with van der Waals surface area (Å²) in [5, 5.41) is 9.85. The third-order valence-corrected chi connectivity index (χ3v) is 2.16. The summed E-state index contributed by atoms with van der Waals surface area (Å²) < 4.78 is 3.70. The highest BCUT2D eigenvalue weighted by molar-refractivity contribution is 7.10. The lowest BCUT2D eigenvalue weighted by Crippen LogP contribution is -2.29. The standard InChI is InChI=1S/C7H12N4OS/c1-3-4-8-7(12)9-6-5(2)10-11-13-6/h3-4H2,1-2H3,(H2,8,9,12). The number of nitrogens with zero attached hydrogens (tertiary/aromatic N) is 2. The van der Waals surface area contributed by atoms with Gasteiger partial charge in [0.05, 0.1) is 5.69 Å². The van der Waals surface area contributed by atoms with E-state index in [0.29, 0.717) is 11.5 Å². The van der Waals surface area contributed by atoms with E-state index < -0.39 is 0 Å². The molecule has 72 valence electrons. The minimum Gasteiger partial charge on any atom is -0.338 e. The summed E-state index contributed by atoms with van der Waals surface area (Å²) in [5.74, 6) is 0. The quantitative estimate of drug-likeness (QED) is 0.774. The van der Waals surface area contributed by atoms with Crippen LogP contribution in [0.2, 0.25) is 0 Å². The summed E-state index contributed by atoms with van der Waals surface area (Å²) in [6.07, 6.45) is 0.924. The largest absolute Gasteiger partial charge is 0.338 e. The van der Waals surface area contributed by atoms with Crippen molar-refractivity contribution < 1.29 is 4.79 Å². The summed E-state index contributed by atoms with van der Waals surface area (Å²) in [4.78, 5) is 11.2. The van der Waals surface area contributed by atoms with Gasteiger partial charge in [0.2, 0.25) is 0 Å². The number of nitrogens with one attached hydrogen (secondary N) is 2. The molecule has 6 heteroatoms. The summed E-state index contributed by atoms with van der Waals surface area (Å²) in [5.41, 5.74) is 0.747. The number of aromatic nitrogens is 2. The Balaban J connectivity index is 2.41. The van der Waals surface area contributed by atoms with E-state index in [4.69, 9.17) is 0 Å². The van der Waals surface area contributed by atoms with Gasteiger partial charge >= 0.3 is 6.03 Å². The number of anilines is 1. The lowest BCUT2D eigenvalue weighted by molar-refractivity contribution is 0.252. The Bertz CT molecular complexity index is 286. The summed E-state index contributed by atoms with van der Waals surface area (Å²) in [6, 6.07) is -0.198. The van der Waals surface area contributed by atoms with Crippen LogP contribution in [0.15, 0.2) is 0 Å². The zero-order chi connectivity index (χ0) is 9.68. The maximum Gasteiger partial charge on any atom is 0.319 e. The number of amides is 2. The van der Waals surface area contributed by atoms with Crippen LogP contribution in [-0.4, -0.2) is 22.2 Å². The first-order chi connectivity index (χ1) is 6.24. The molecule has 0 radical (unpaired) electrons. The van der Waals surface area contributed by atoms with Gasteiger partial charge in [0.25, 0.3) is 0 Å². The van der Waals surface area contributed by atoms with E-state index in [2.05, 4.69) is 20.2 Å². The second-order valence-corrected chi connectivity index (χ2v) is 3.32. The molecule has 1 aromatic heterocycles.